The lowest BCUT2D eigenvalue weighted by molar-refractivity contribution is -0.142. The zero-order chi connectivity index (χ0) is 13.1. The average molecular weight is 251 g/mol. The van der Waals surface area contributed by atoms with Crippen molar-refractivity contribution in [3.63, 3.8) is 0 Å². The number of hydrogen-bond acceptors (Lipinski definition) is 2. The lowest BCUT2D eigenvalue weighted by Gasteiger charge is -2.18. The molecule has 1 saturated heterocycles. The first kappa shape index (κ1) is 13.1. The number of nitrogens with zero attached hydrogens (tertiary/aromatic N) is 1. The second-order valence-corrected chi connectivity index (χ2v) is 5.51. The smallest absolute Gasteiger partial charge is 0.308 e. The molecule has 0 radical (unpaired) electrons. The van der Waals surface area contributed by atoms with E-state index >= 15 is 0 Å². The van der Waals surface area contributed by atoms with Crippen LogP contribution < -0.4 is 0 Å². The second-order valence-electron chi connectivity index (χ2n) is 5.51. The van der Waals surface area contributed by atoms with Crippen LogP contribution in [0.3, 0.4) is 0 Å². The normalized spacial score (nSPS) is 28.1. The van der Waals surface area contributed by atoms with Gasteiger partial charge >= 0.3 is 5.97 Å². The Hall–Kier alpha value is -1.32. The van der Waals surface area contributed by atoms with E-state index in [0.29, 0.717) is 19.5 Å². The highest BCUT2D eigenvalue weighted by Gasteiger charge is 2.36. The molecule has 0 bridgehead atoms. The predicted octanol–water partition coefficient (Wildman–Crippen LogP) is 2.06. The quantitative estimate of drug-likeness (QED) is 0.781. The fourth-order valence-electron chi connectivity index (χ4n) is 2.86. The molecule has 0 aromatic heterocycles. The van der Waals surface area contributed by atoms with Crippen molar-refractivity contribution in [1.82, 2.24) is 4.90 Å². The van der Waals surface area contributed by atoms with Gasteiger partial charge in [0, 0.05) is 19.5 Å². The maximum absolute atomic E-state index is 12.1. The van der Waals surface area contributed by atoms with Crippen LogP contribution in [0.2, 0.25) is 0 Å². The molecule has 4 nitrogen and oxygen atoms in total. The van der Waals surface area contributed by atoms with Gasteiger partial charge in [-0.15, -0.1) is 0 Å². The Labute approximate surface area is 108 Å². The van der Waals surface area contributed by atoms with Crippen LogP contribution in [0.15, 0.2) is 11.6 Å². The van der Waals surface area contributed by atoms with Crippen molar-refractivity contribution < 1.29 is 14.7 Å². The number of hydrogen-bond donors (Lipinski definition) is 1. The highest BCUT2D eigenvalue weighted by Crippen LogP contribution is 2.26. The molecular formula is C14H21NO3. The van der Waals surface area contributed by atoms with Gasteiger partial charge in [-0.25, -0.2) is 0 Å². The summed E-state index contributed by atoms with van der Waals surface area (Å²) in [6.07, 6.45) is 7.16. The summed E-state index contributed by atoms with van der Waals surface area (Å²) in [7, 11) is 0. The van der Waals surface area contributed by atoms with Gasteiger partial charge in [0.05, 0.1) is 5.92 Å². The molecule has 2 atom stereocenters. The van der Waals surface area contributed by atoms with E-state index in [1.54, 1.807) is 4.90 Å². The zero-order valence-corrected chi connectivity index (χ0v) is 10.9. The topological polar surface area (TPSA) is 57.6 Å². The molecule has 1 heterocycles. The molecule has 1 aliphatic carbocycles. The lowest BCUT2D eigenvalue weighted by Crippen LogP contribution is -2.30. The van der Waals surface area contributed by atoms with Crippen LogP contribution in [0.1, 0.15) is 39.0 Å². The van der Waals surface area contributed by atoms with Gasteiger partial charge in [-0.3, -0.25) is 9.59 Å². The van der Waals surface area contributed by atoms with E-state index in [9.17, 15) is 9.59 Å². The van der Waals surface area contributed by atoms with E-state index < -0.39 is 11.9 Å². The van der Waals surface area contributed by atoms with Crippen LogP contribution in [0.4, 0.5) is 0 Å². The molecule has 0 unspecified atom stereocenters. The lowest BCUT2D eigenvalue weighted by atomic mass is 9.97. The summed E-state index contributed by atoms with van der Waals surface area (Å²) in [5.74, 6) is -1.02. The van der Waals surface area contributed by atoms with Crippen LogP contribution in [0.25, 0.3) is 0 Å². The standard InChI is InChI=1S/C14H21NO3/c1-10-8-15(9-12(10)14(17)18)13(16)7-11-5-3-2-4-6-11/h5,10,12H,2-4,6-9H2,1H3,(H,17,18)/t10-,12-/m1/s1. The molecule has 18 heavy (non-hydrogen) atoms. The third kappa shape index (κ3) is 2.92. The third-order valence-corrected chi connectivity index (χ3v) is 4.05. The number of likely N-dealkylation sites (tertiary alicyclic amines) is 1. The van der Waals surface area contributed by atoms with E-state index in [-0.39, 0.29) is 11.8 Å². The van der Waals surface area contributed by atoms with Crippen LogP contribution in [-0.4, -0.2) is 35.0 Å². The average Bonchev–Trinajstić information content (AvgIpc) is 2.73. The predicted molar refractivity (Wildman–Crippen MR) is 68.0 cm³/mol. The van der Waals surface area contributed by atoms with Gasteiger partial charge in [-0.1, -0.05) is 18.6 Å². The number of amides is 1. The second kappa shape index (κ2) is 5.55. The molecule has 4 heteroatoms. The molecule has 100 valence electrons. The highest BCUT2D eigenvalue weighted by atomic mass is 16.4. The van der Waals surface area contributed by atoms with Crippen LogP contribution in [0, 0.1) is 11.8 Å². The molecule has 0 spiro atoms. The molecule has 2 rings (SSSR count). The van der Waals surface area contributed by atoms with Gasteiger partial charge in [-0.05, 0) is 31.6 Å². The van der Waals surface area contributed by atoms with E-state index in [2.05, 4.69) is 6.08 Å². The highest BCUT2D eigenvalue weighted by molar-refractivity contribution is 5.80. The van der Waals surface area contributed by atoms with Crippen molar-refractivity contribution in [3.8, 4) is 0 Å². The molecule has 0 saturated carbocycles. The number of carboxylic acid groups (broad SMARTS) is 1. The number of rotatable bonds is 3. The minimum absolute atomic E-state index is 0.0618. The van der Waals surface area contributed by atoms with Crippen LogP contribution in [0.5, 0.6) is 0 Å². The first-order valence-electron chi connectivity index (χ1n) is 6.76. The zero-order valence-electron chi connectivity index (χ0n) is 10.9. The molecule has 1 N–H and O–H groups in total. The van der Waals surface area contributed by atoms with Gasteiger partial charge < -0.3 is 10.0 Å². The summed E-state index contributed by atoms with van der Waals surface area (Å²) in [6.45, 7) is 2.87. The first-order valence-corrected chi connectivity index (χ1v) is 6.76. The number of aliphatic carboxylic acids is 1. The number of carboxylic acids is 1. The van der Waals surface area contributed by atoms with E-state index in [1.807, 2.05) is 6.92 Å². The monoisotopic (exact) mass is 251 g/mol. The first-order chi connectivity index (χ1) is 8.58. The van der Waals surface area contributed by atoms with Crippen molar-refractivity contribution in [3.05, 3.63) is 11.6 Å². The molecule has 2 aliphatic rings. The minimum Gasteiger partial charge on any atom is -0.481 e. The van der Waals surface area contributed by atoms with Gasteiger partial charge in [0.2, 0.25) is 5.91 Å². The van der Waals surface area contributed by atoms with Crippen molar-refractivity contribution in [2.45, 2.75) is 39.0 Å². The summed E-state index contributed by atoms with van der Waals surface area (Å²) in [5.41, 5.74) is 1.23. The Morgan fingerprint density at radius 1 is 1.39 bits per heavy atom. The Morgan fingerprint density at radius 3 is 2.72 bits per heavy atom. The molecule has 0 aromatic carbocycles. The maximum atomic E-state index is 12.1. The summed E-state index contributed by atoms with van der Waals surface area (Å²) in [6, 6.07) is 0. The van der Waals surface area contributed by atoms with Gasteiger partial charge in [0.15, 0.2) is 0 Å². The van der Waals surface area contributed by atoms with E-state index in [1.165, 1.54) is 18.4 Å². The Morgan fingerprint density at radius 2 is 2.17 bits per heavy atom. The molecule has 1 aliphatic heterocycles. The largest absolute Gasteiger partial charge is 0.481 e. The van der Waals surface area contributed by atoms with E-state index in [0.717, 1.165) is 12.8 Å². The summed E-state index contributed by atoms with van der Waals surface area (Å²) >= 11 is 0. The van der Waals surface area contributed by atoms with Crippen molar-refractivity contribution >= 4 is 11.9 Å². The maximum Gasteiger partial charge on any atom is 0.308 e. The van der Waals surface area contributed by atoms with Crippen LogP contribution >= 0.6 is 0 Å². The van der Waals surface area contributed by atoms with Crippen molar-refractivity contribution in [1.29, 1.82) is 0 Å². The third-order valence-electron chi connectivity index (χ3n) is 4.05. The van der Waals surface area contributed by atoms with Crippen molar-refractivity contribution in [2.75, 3.05) is 13.1 Å². The Bertz CT molecular complexity index is 375. The minimum atomic E-state index is -0.783. The van der Waals surface area contributed by atoms with Gasteiger partial charge in [-0.2, -0.15) is 0 Å². The molecule has 1 fully saturated rings. The molecule has 1 amide bonds. The molecule has 0 aromatic rings. The Kier molecular flexibility index (Phi) is 4.04. The van der Waals surface area contributed by atoms with Crippen LogP contribution in [-0.2, 0) is 9.59 Å². The summed E-state index contributed by atoms with van der Waals surface area (Å²) < 4.78 is 0. The summed E-state index contributed by atoms with van der Waals surface area (Å²) in [5, 5.41) is 9.06. The fourth-order valence-corrected chi connectivity index (χ4v) is 2.86. The number of carbonyl (C=O) groups is 2. The SMILES string of the molecule is C[C@@H]1CN(C(=O)CC2=CCCCC2)C[C@H]1C(=O)O. The van der Waals surface area contributed by atoms with Crippen molar-refractivity contribution in [2.24, 2.45) is 11.8 Å². The molecular weight excluding hydrogens is 230 g/mol. The fraction of sp³-hybridized carbons (Fsp3) is 0.714. The number of allylic oxidation sites excluding steroid dienone is 1. The van der Waals surface area contributed by atoms with Gasteiger partial charge in [0.25, 0.3) is 0 Å². The van der Waals surface area contributed by atoms with E-state index in [4.69, 9.17) is 5.11 Å². The Balaban J connectivity index is 1.90. The summed E-state index contributed by atoms with van der Waals surface area (Å²) in [4.78, 5) is 24.9. The van der Waals surface area contributed by atoms with Gasteiger partial charge in [0.1, 0.15) is 0 Å². The number of carbonyl (C=O) groups excluding carboxylic acids is 1.